The van der Waals surface area contributed by atoms with Crippen LogP contribution in [0.5, 0.6) is 0 Å². The molecule has 12 aromatic rings. The van der Waals surface area contributed by atoms with Crippen molar-refractivity contribution in [2.75, 3.05) is 4.90 Å². The Hall–Kier alpha value is -8.72. The van der Waals surface area contributed by atoms with Crippen LogP contribution in [0.15, 0.2) is 267 Å². The maximum atomic E-state index is 2.38. The smallest absolute Gasteiger partial charge is 0.0541 e. The van der Waals surface area contributed by atoms with Crippen LogP contribution in [0.4, 0.5) is 17.1 Å². The first kappa shape index (κ1) is 38.9. The maximum absolute atomic E-state index is 2.38. The molecule has 0 fully saturated rings. The zero-order valence-corrected chi connectivity index (χ0v) is 36.3. The van der Waals surface area contributed by atoms with E-state index in [1.807, 2.05) is 0 Å². The van der Waals surface area contributed by atoms with Crippen LogP contribution < -0.4 is 4.90 Å². The maximum Gasteiger partial charge on any atom is 0.0541 e. The molecule has 0 radical (unpaired) electrons. The van der Waals surface area contributed by atoms with Crippen LogP contribution in [0.2, 0.25) is 0 Å². The Kier molecular flexibility index (Phi) is 9.89. The molecule has 0 aliphatic carbocycles. The molecule has 0 unspecified atom stereocenters. The molecule has 310 valence electrons. The van der Waals surface area contributed by atoms with Gasteiger partial charge in [-0.3, -0.25) is 0 Å². The number of nitrogens with zero attached hydrogens (tertiary/aromatic N) is 2. The second-order valence-electron chi connectivity index (χ2n) is 16.9. The van der Waals surface area contributed by atoms with E-state index in [0.717, 1.165) is 28.3 Å². The van der Waals surface area contributed by atoms with Crippen LogP contribution in [-0.2, 0) is 0 Å². The minimum atomic E-state index is 1.08. The van der Waals surface area contributed by atoms with Gasteiger partial charge in [0.1, 0.15) is 0 Å². The lowest BCUT2D eigenvalue weighted by Gasteiger charge is -2.26. The Labute approximate surface area is 385 Å². The van der Waals surface area contributed by atoms with E-state index in [4.69, 9.17) is 0 Å². The van der Waals surface area contributed by atoms with Gasteiger partial charge in [-0.2, -0.15) is 0 Å². The molecule has 0 saturated carbocycles. The molecule has 2 heteroatoms. The van der Waals surface area contributed by atoms with Crippen LogP contribution >= 0.6 is 0 Å². The van der Waals surface area contributed by atoms with E-state index in [1.165, 1.54) is 82.6 Å². The number of hydrogen-bond acceptors (Lipinski definition) is 1. The number of rotatable bonds is 9. The van der Waals surface area contributed by atoms with Crippen molar-refractivity contribution in [3.63, 3.8) is 0 Å². The number of para-hydroxylation sites is 2. The molecule has 1 aromatic heterocycles. The zero-order valence-electron chi connectivity index (χ0n) is 36.3. The number of aromatic nitrogens is 1. The van der Waals surface area contributed by atoms with Crippen LogP contribution in [0.1, 0.15) is 0 Å². The second kappa shape index (κ2) is 16.8. The second-order valence-corrected chi connectivity index (χ2v) is 16.9. The van der Waals surface area contributed by atoms with Crippen molar-refractivity contribution >= 4 is 49.6 Å². The van der Waals surface area contributed by atoms with Gasteiger partial charge in [-0.1, -0.05) is 206 Å². The van der Waals surface area contributed by atoms with E-state index in [1.54, 1.807) is 0 Å². The van der Waals surface area contributed by atoms with Crippen molar-refractivity contribution in [1.29, 1.82) is 0 Å². The molecule has 2 nitrogen and oxygen atoms in total. The van der Waals surface area contributed by atoms with Gasteiger partial charge in [0.05, 0.1) is 11.0 Å². The van der Waals surface area contributed by atoms with Gasteiger partial charge in [-0.15, -0.1) is 0 Å². The molecular weight excluding hydrogens is 797 g/mol. The molecule has 1 heterocycles. The molecule has 0 saturated heterocycles. The van der Waals surface area contributed by atoms with Crippen molar-refractivity contribution in [2.24, 2.45) is 0 Å². The van der Waals surface area contributed by atoms with Gasteiger partial charge in [0.15, 0.2) is 0 Å². The highest BCUT2D eigenvalue weighted by atomic mass is 15.1. The lowest BCUT2D eigenvalue weighted by atomic mass is 9.91. The molecule has 0 aliphatic rings. The molecule has 0 aliphatic heterocycles. The van der Waals surface area contributed by atoms with Gasteiger partial charge in [0.25, 0.3) is 0 Å². The predicted molar refractivity (Wildman–Crippen MR) is 280 cm³/mol. The lowest BCUT2D eigenvalue weighted by molar-refractivity contribution is 1.18. The molecule has 0 amide bonds. The number of benzene rings is 11. The van der Waals surface area contributed by atoms with E-state index in [-0.39, 0.29) is 0 Å². The summed E-state index contributed by atoms with van der Waals surface area (Å²) in [5, 5.41) is 5.02. The third kappa shape index (κ3) is 7.12. The minimum absolute atomic E-state index is 1.08. The normalized spacial score (nSPS) is 11.3. The van der Waals surface area contributed by atoms with E-state index in [9.17, 15) is 0 Å². The van der Waals surface area contributed by atoms with E-state index >= 15 is 0 Å². The summed E-state index contributed by atoms with van der Waals surface area (Å²) in [6.45, 7) is 0. The SMILES string of the molecule is c1ccc(-c2ccc(-c3ccc(N(c4ccc(-c5cccc(-n6c7ccccc7c7ccccc76)c5)cc4)c4ccc(-c5cccc6cccc(-c7ccccc7)c56)cc4)cc3)cc2)cc1. The fourth-order valence-corrected chi connectivity index (χ4v) is 9.79. The summed E-state index contributed by atoms with van der Waals surface area (Å²) in [6, 6.07) is 96.7. The summed E-state index contributed by atoms with van der Waals surface area (Å²) >= 11 is 0. The Morgan fingerprint density at radius 2 is 0.621 bits per heavy atom. The number of anilines is 3. The first-order chi connectivity index (χ1) is 32.7. The van der Waals surface area contributed by atoms with Crippen molar-refractivity contribution < 1.29 is 0 Å². The number of hydrogen-bond donors (Lipinski definition) is 0. The lowest BCUT2D eigenvalue weighted by Crippen LogP contribution is -2.09. The first-order valence-corrected chi connectivity index (χ1v) is 22.7. The third-order valence-corrected chi connectivity index (χ3v) is 13.0. The first-order valence-electron chi connectivity index (χ1n) is 22.7. The van der Waals surface area contributed by atoms with Crippen molar-refractivity contribution in [3.8, 4) is 61.3 Å². The quantitative estimate of drug-likeness (QED) is 0.141. The predicted octanol–water partition coefficient (Wildman–Crippen LogP) is 17.7. The standard InChI is InChI=1S/C64H44N2/c1-3-14-45(15-4-1)46-28-30-47(31-29-46)48-32-38-54(39-33-48)65(56-42-36-51(37-43-56)59-25-13-19-52-18-12-24-58(64(52)59)50-16-5-2-6-17-50)55-40-34-49(35-41-55)53-20-11-21-57(44-53)66-62-26-9-7-22-60(62)61-23-8-10-27-63(61)66/h1-44H. The summed E-state index contributed by atoms with van der Waals surface area (Å²) in [7, 11) is 0. The summed E-state index contributed by atoms with van der Waals surface area (Å²) in [6.07, 6.45) is 0. The van der Waals surface area contributed by atoms with Gasteiger partial charge in [0.2, 0.25) is 0 Å². The van der Waals surface area contributed by atoms with E-state index in [0.29, 0.717) is 0 Å². The van der Waals surface area contributed by atoms with Gasteiger partial charge in [-0.05, 0) is 127 Å². The van der Waals surface area contributed by atoms with Gasteiger partial charge in [0, 0.05) is 33.5 Å². The van der Waals surface area contributed by atoms with Crippen LogP contribution in [-0.4, -0.2) is 4.57 Å². The molecule has 0 spiro atoms. The molecular formula is C64H44N2. The van der Waals surface area contributed by atoms with Crippen LogP contribution in [0, 0.1) is 0 Å². The molecule has 12 rings (SSSR count). The fraction of sp³-hybridized carbons (Fsp3) is 0. The van der Waals surface area contributed by atoms with E-state index < -0.39 is 0 Å². The molecule has 0 atom stereocenters. The molecule has 66 heavy (non-hydrogen) atoms. The van der Waals surface area contributed by atoms with Crippen molar-refractivity contribution in [3.05, 3.63) is 267 Å². The van der Waals surface area contributed by atoms with Gasteiger partial charge >= 0.3 is 0 Å². The Bertz CT molecular complexity index is 3590. The van der Waals surface area contributed by atoms with Gasteiger partial charge < -0.3 is 9.47 Å². The zero-order chi connectivity index (χ0) is 43.8. The van der Waals surface area contributed by atoms with Crippen LogP contribution in [0.3, 0.4) is 0 Å². The highest BCUT2D eigenvalue weighted by molar-refractivity contribution is 6.09. The Morgan fingerprint density at radius 3 is 1.14 bits per heavy atom. The fourth-order valence-electron chi connectivity index (χ4n) is 9.79. The summed E-state index contributed by atoms with van der Waals surface area (Å²) in [5.41, 5.74) is 18.8. The summed E-state index contributed by atoms with van der Waals surface area (Å²) in [4.78, 5) is 2.36. The highest BCUT2D eigenvalue weighted by Gasteiger charge is 2.17. The molecule has 0 N–H and O–H groups in total. The Morgan fingerprint density at radius 1 is 0.258 bits per heavy atom. The molecule has 0 bridgehead atoms. The van der Waals surface area contributed by atoms with Gasteiger partial charge in [-0.25, -0.2) is 0 Å². The Balaban J connectivity index is 0.916. The largest absolute Gasteiger partial charge is 0.311 e. The van der Waals surface area contributed by atoms with Crippen LogP contribution in [0.25, 0.3) is 93.9 Å². The third-order valence-electron chi connectivity index (χ3n) is 13.0. The summed E-state index contributed by atoms with van der Waals surface area (Å²) in [5.74, 6) is 0. The van der Waals surface area contributed by atoms with Crippen molar-refractivity contribution in [1.82, 2.24) is 4.57 Å². The average Bonchev–Trinajstić information content (AvgIpc) is 3.74. The minimum Gasteiger partial charge on any atom is -0.311 e. The van der Waals surface area contributed by atoms with E-state index in [2.05, 4.69) is 276 Å². The number of fused-ring (bicyclic) bond motifs is 4. The average molecular weight is 841 g/mol. The highest BCUT2D eigenvalue weighted by Crippen LogP contribution is 2.41. The summed E-state index contributed by atoms with van der Waals surface area (Å²) < 4.78 is 2.38. The molecule has 11 aromatic carbocycles. The monoisotopic (exact) mass is 840 g/mol. The topological polar surface area (TPSA) is 8.17 Å². The van der Waals surface area contributed by atoms with Crippen molar-refractivity contribution in [2.45, 2.75) is 0 Å².